The number of hydrogen-bond acceptors (Lipinski definition) is 16. The van der Waals surface area contributed by atoms with Gasteiger partial charge < -0.3 is 75.8 Å². The van der Waals surface area contributed by atoms with Crippen LogP contribution in [0.3, 0.4) is 0 Å². The molecule has 146 heavy (non-hydrogen) atoms. The zero-order valence-electron chi connectivity index (χ0n) is 75.9. The lowest BCUT2D eigenvalue weighted by Gasteiger charge is -2.37. The van der Waals surface area contributed by atoms with Crippen LogP contribution < -0.4 is 141 Å². The number of rotatable bonds is 16. The van der Waals surface area contributed by atoms with E-state index in [-0.39, 0.29) is 41.7 Å². The second-order valence-electron chi connectivity index (χ2n) is 34.5. The lowest BCUT2D eigenvalue weighted by molar-refractivity contribution is 0.441. The van der Waals surface area contributed by atoms with Gasteiger partial charge in [-0.1, -0.05) is 233 Å². The molecule has 704 valence electrons. The van der Waals surface area contributed by atoms with Gasteiger partial charge in [-0.2, -0.15) is 0 Å². The van der Waals surface area contributed by atoms with E-state index >= 15 is 0 Å². The smallest absolute Gasteiger partial charge is 0.265 e. The summed E-state index contributed by atoms with van der Waals surface area (Å²) in [5.74, 6) is 24.1. The molecule has 20 aromatic carbocycles. The molecule has 0 fully saturated rings. The van der Waals surface area contributed by atoms with Crippen LogP contribution in [-0.4, -0.2) is 26.9 Å². The first-order chi connectivity index (χ1) is 71.0. The van der Waals surface area contributed by atoms with Crippen LogP contribution in [0.4, 0.5) is 0 Å². The Labute approximate surface area is 878 Å². The summed E-state index contributed by atoms with van der Waals surface area (Å²) in [6.45, 7) is -0.00885. The number of hydrogen-bond donors (Lipinski definition) is 0. The molecule has 24 heteroatoms. The van der Waals surface area contributed by atoms with E-state index in [2.05, 4.69) is 137 Å². The molecular weight excluding hydrogens is 2080 g/mol. The van der Waals surface area contributed by atoms with E-state index in [9.17, 15) is 0 Å². The molecular formula is C122H80B4Br4O16. The Hall–Kier alpha value is -16.6. The van der Waals surface area contributed by atoms with Crippen molar-refractivity contribution in [1.82, 2.24) is 0 Å². The van der Waals surface area contributed by atoms with Crippen LogP contribution in [0.1, 0.15) is 14.9 Å². The lowest BCUT2D eigenvalue weighted by Crippen LogP contribution is -2.62. The zero-order chi connectivity index (χ0) is 96.2. The molecule has 8 aliphatic heterocycles. The van der Waals surface area contributed by atoms with Crippen molar-refractivity contribution < 1.29 is 75.8 Å². The first-order valence-electron chi connectivity index (χ1n) is 46.6. The molecule has 0 amide bonds. The summed E-state index contributed by atoms with van der Waals surface area (Å²) in [4.78, 5) is 0. The van der Waals surface area contributed by atoms with Crippen LogP contribution in [0.2, 0.25) is 0 Å². The van der Waals surface area contributed by atoms with Crippen molar-refractivity contribution in [2.45, 2.75) is 14.9 Å². The maximum atomic E-state index is 6.76. The molecule has 28 rings (SSSR count). The molecule has 0 unspecified atom stereocenters. The van der Waals surface area contributed by atoms with Crippen molar-refractivity contribution in [1.29, 1.82) is 0 Å². The Kier molecular flexibility index (Phi) is 25.7. The van der Waals surface area contributed by atoms with Gasteiger partial charge in [-0.3, -0.25) is 0 Å². The highest BCUT2D eigenvalue weighted by Crippen LogP contribution is 2.49. The van der Waals surface area contributed by atoms with Gasteiger partial charge >= 0.3 is 0 Å². The number of para-hydroxylation sites is 8. The molecule has 8 aliphatic rings. The molecule has 0 bridgehead atoms. The topological polar surface area (TPSA) is 148 Å². The summed E-state index contributed by atoms with van der Waals surface area (Å²) < 4.78 is 103. The molecule has 20 aromatic rings. The molecule has 8 heterocycles. The fraction of sp³-hybridized carbons (Fsp3) is 0.0164. The second kappa shape index (κ2) is 40.3. The number of fused-ring (bicyclic) bond motifs is 17. The normalized spacial score (nSPS) is 12.2. The predicted molar refractivity (Wildman–Crippen MR) is 593 cm³/mol. The van der Waals surface area contributed by atoms with Crippen molar-refractivity contribution in [2.24, 2.45) is 0 Å². The van der Waals surface area contributed by atoms with Crippen LogP contribution in [0, 0.1) is 0 Å². The van der Waals surface area contributed by atoms with Crippen molar-refractivity contribution in [2.75, 3.05) is 0 Å². The van der Waals surface area contributed by atoms with E-state index in [0.717, 1.165) is 181 Å². The van der Waals surface area contributed by atoms with Crippen LogP contribution in [0.15, 0.2) is 455 Å². The van der Waals surface area contributed by atoms with Crippen LogP contribution in [0.25, 0.3) is 0 Å². The highest BCUT2D eigenvalue weighted by Gasteiger charge is 2.49. The lowest BCUT2D eigenvalue weighted by atomic mass is 9.31. The van der Waals surface area contributed by atoms with Gasteiger partial charge in [-0.15, -0.1) is 0 Å². The third-order valence-corrected chi connectivity index (χ3v) is 28.7. The fourth-order valence-electron chi connectivity index (χ4n) is 19.3. The minimum absolute atomic E-state index is 0. The molecule has 0 N–H and O–H groups in total. The first kappa shape index (κ1) is 93.1. The van der Waals surface area contributed by atoms with Gasteiger partial charge in [0.25, 0.3) is 26.9 Å². The van der Waals surface area contributed by atoms with Crippen molar-refractivity contribution in [3.05, 3.63) is 455 Å². The SMILES string of the molecule is Brc1c(Oc2ccccc2)cccc1Oc1cccc(Oc2cccc(Oc3ccccc3)c2Br)c1.Brc1c(Oc2ccccc2)cccc1Oc1cccc(Oc2cccc(Oc3ccccc3)c2Br)c1.C.C.c1ccc2c(c1)Oc1cccc3c1B2c1cc2c(cc1O3)Oc1cccc3c1B2c1ccccc1O3.c1ccc2c(c1)Oc1cccc3c1B2c1ccc2c(c1O3)B1c3ccccc3Oc3cccc(c31)O2. The van der Waals surface area contributed by atoms with Gasteiger partial charge in [0.15, 0.2) is 0 Å². The molecule has 0 radical (unpaired) electrons. The first-order valence-corrected chi connectivity index (χ1v) is 49.8. The van der Waals surface area contributed by atoms with Crippen LogP contribution >= 0.6 is 63.7 Å². The van der Waals surface area contributed by atoms with E-state index in [1.165, 1.54) is 0 Å². The van der Waals surface area contributed by atoms with Crippen LogP contribution in [0.5, 0.6) is 184 Å². The summed E-state index contributed by atoms with van der Waals surface area (Å²) in [6.07, 6.45) is 0. The minimum atomic E-state index is -0.0559. The largest absolute Gasteiger partial charge is 0.459 e. The van der Waals surface area contributed by atoms with E-state index in [0.29, 0.717) is 86.9 Å². The standard InChI is InChI=1S/2C30H16B2O4.2C30H20Br2O4.2CH4/c1-3-9-20-17(7-1)31-19-15-16-26-29(30(19)36-25-14-6-11-22(33-20)27(25)31)32-18-8-2-4-10-21(18)34-23-12-5-13-24(35-26)28(23)32;1-3-9-21-17(7-1)31-19-15-20-28(16-27(19)35-25-13-5-11-23(33-21)29(25)31)36-26-14-6-12-24-30(26)32(20)18-8-2-4-10-22(18)34-24;2*31-29-25(33-21-10-3-1-4-11-21)16-8-18-27(29)35-23-14-7-15-24(20-23)36-28-19-9-17-26(30(28)32)34-22-12-5-2-6-13-22;;/h2*1-16H;2*1-20H;2*1H4. The average molecular weight is 2160 g/mol. The predicted octanol–water partition coefficient (Wildman–Crippen LogP) is 28.3. The Bertz CT molecular complexity index is 7730. The number of benzene rings is 20. The molecule has 0 atom stereocenters. The second-order valence-corrected chi connectivity index (χ2v) is 37.7. The monoisotopic (exact) mass is 2160 g/mol. The van der Waals surface area contributed by atoms with Gasteiger partial charge in [0.1, 0.15) is 202 Å². The molecule has 0 saturated carbocycles. The van der Waals surface area contributed by atoms with Gasteiger partial charge in [-0.25, -0.2) is 0 Å². The summed E-state index contributed by atoms with van der Waals surface area (Å²) in [5.41, 5.74) is 13.2. The highest BCUT2D eigenvalue weighted by atomic mass is 79.9. The Morgan fingerprint density at radius 3 is 0.651 bits per heavy atom. The van der Waals surface area contributed by atoms with Crippen LogP contribution in [-0.2, 0) is 0 Å². The summed E-state index contributed by atoms with van der Waals surface area (Å²) in [6, 6.07) is 142. The minimum Gasteiger partial charge on any atom is -0.459 e. The molecule has 0 spiro atoms. The van der Waals surface area contributed by atoms with Crippen molar-refractivity contribution in [3.8, 4) is 184 Å². The summed E-state index contributed by atoms with van der Waals surface area (Å²) in [7, 11) is 0. The quantitative estimate of drug-likeness (QED) is 0.0844. The third kappa shape index (κ3) is 18.0. The Morgan fingerprint density at radius 1 is 0.144 bits per heavy atom. The maximum Gasteiger partial charge on any atom is 0.265 e. The Balaban J connectivity index is 0.000000107. The van der Waals surface area contributed by atoms with Gasteiger partial charge in [0.2, 0.25) is 0 Å². The van der Waals surface area contributed by atoms with E-state index < -0.39 is 0 Å². The molecule has 0 saturated heterocycles. The van der Waals surface area contributed by atoms with Crippen molar-refractivity contribution in [3.63, 3.8) is 0 Å². The van der Waals surface area contributed by atoms with E-state index in [1.54, 1.807) is 0 Å². The third-order valence-electron chi connectivity index (χ3n) is 25.6. The number of ether oxygens (including phenoxy) is 16. The fourth-order valence-corrected chi connectivity index (χ4v) is 21.0. The van der Waals surface area contributed by atoms with Crippen molar-refractivity contribution >= 4 is 156 Å². The van der Waals surface area contributed by atoms with E-state index in [4.69, 9.17) is 75.8 Å². The summed E-state index contributed by atoms with van der Waals surface area (Å²) >= 11 is 14.4. The van der Waals surface area contributed by atoms with E-state index in [1.807, 2.05) is 364 Å². The highest BCUT2D eigenvalue weighted by molar-refractivity contribution is 9.11. The molecule has 0 aliphatic carbocycles. The maximum absolute atomic E-state index is 6.76. The average Bonchev–Trinajstić information content (AvgIpc) is 0.697. The summed E-state index contributed by atoms with van der Waals surface area (Å²) in [5, 5.41) is 0. The van der Waals surface area contributed by atoms with Gasteiger partial charge in [0.05, 0.1) is 0 Å². The zero-order valence-corrected chi connectivity index (χ0v) is 82.3. The van der Waals surface area contributed by atoms with Gasteiger partial charge in [-0.05, 0) is 302 Å². The Morgan fingerprint density at radius 2 is 0.349 bits per heavy atom. The molecule has 0 aromatic heterocycles. The van der Waals surface area contributed by atoms with Gasteiger partial charge in [0, 0.05) is 45.5 Å². The molecule has 16 nitrogen and oxygen atoms in total. The number of halogens is 4.